The number of carboxylic acid groups (broad SMARTS) is 1. The quantitative estimate of drug-likeness (QED) is 0.482. The lowest BCUT2D eigenvalue weighted by Crippen LogP contribution is -2.45. The van der Waals surface area contributed by atoms with Gasteiger partial charge in [-0.15, -0.1) is 0 Å². The van der Waals surface area contributed by atoms with Gasteiger partial charge in [0.05, 0.1) is 18.1 Å². The molecule has 1 aromatic heterocycles. The minimum atomic E-state index is -0.972. The summed E-state index contributed by atoms with van der Waals surface area (Å²) in [5.74, 6) is -0.519. The second-order valence-electron chi connectivity index (χ2n) is 6.44. The second-order valence-corrected chi connectivity index (χ2v) is 6.44. The lowest BCUT2D eigenvalue weighted by atomic mass is 9.89. The van der Waals surface area contributed by atoms with Crippen LogP contribution < -0.4 is 10.1 Å². The first kappa shape index (κ1) is 17.0. The number of fused-ring (bicyclic) bond motifs is 3. The summed E-state index contributed by atoms with van der Waals surface area (Å²) in [4.78, 5) is 25.8. The second kappa shape index (κ2) is 6.40. The maximum atomic E-state index is 11.7. The van der Waals surface area contributed by atoms with Crippen LogP contribution in [0.1, 0.15) is 22.9 Å². The Morgan fingerprint density at radius 1 is 1.30 bits per heavy atom. The summed E-state index contributed by atoms with van der Waals surface area (Å²) in [6.07, 6.45) is 0.322. The topological polar surface area (TPSA) is 117 Å². The summed E-state index contributed by atoms with van der Waals surface area (Å²) in [5.41, 5.74) is 3.03. The number of carbonyl (C=O) groups is 1. The minimum Gasteiger partial charge on any atom is -0.496 e. The first-order chi connectivity index (χ1) is 13.0. The van der Waals surface area contributed by atoms with E-state index in [0.717, 1.165) is 22.2 Å². The Balaban J connectivity index is 1.94. The van der Waals surface area contributed by atoms with Gasteiger partial charge in [-0.25, -0.2) is 0 Å². The van der Waals surface area contributed by atoms with E-state index in [1.165, 1.54) is 25.3 Å². The molecule has 0 radical (unpaired) electrons. The fourth-order valence-electron chi connectivity index (χ4n) is 3.70. The van der Waals surface area contributed by atoms with Gasteiger partial charge in [0, 0.05) is 40.7 Å². The van der Waals surface area contributed by atoms with Crippen LogP contribution in [0.3, 0.4) is 0 Å². The van der Waals surface area contributed by atoms with E-state index in [2.05, 4.69) is 10.3 Å². The fraction of sp³-hybridized carbons (Fsp3) is 0.211. The van der Waals surface area contributed by atoms with Crippen LogP contribution in [0.2, 0.25) is 0 Å². The molecule has 0 spiro atoms. The molecule has 2 heterocycles. The van der Waals surface area contributed by atoms with Crippen LogP contribution in [-0.2, 0) is 11.2 Å². The van der Waals surface area contributed by atoms with Crippen molar-refractivity contribution < 1.29 is 19.6 Å². The fourth-order valence-corrected chi connectivity index (χ4v) is 3.70. The van der Waals surface area contributed by atoms with Gasteiger partial charge >= 0.3 is 5.97 Å². The molecule has 27 heavy (non-hydrogen) atoms. The number of para-hydroxylation sites is 1. The van der Waals surface area contributed by atoms with Crippen molar-refractivity contribution in [1.29, 1.82) is 0 Å². The number of rotatable bonds is 4. The zero-order chi connectivity index (χ0) is 19.1. The molecule has 2 atom stereocenters. The standard InChI is InChI=1S/C19H17N3O5/c1-27-16-7-6-10(22(25)26)8-13(16)18-17-12(9-15(21-18)19(23)24)11-4-2-3-5-14(11)20-17/h2-8,15,18,20-21H,9H2,1H3,(H,23,24)/t15-,18-/m1/s1. The van der Waals surface area contributed by atoms with Crippen molar-refractivity contribution in [3.8, 4) is 5.75 Å². The number of aromatic amines is 1. The average molecular weight is 367 g/mol. The van der Waals surface area contributed by atoms with Crippen molar-refractivity contribution in [2.75, 3.05) is 7.11 Å². The van der Waals surface area contributed by atoms with Crippen LogP contribution in [0.25, 0.3) is 10.9 Å². The number of nitrogens with zero attached hydrogens (tertiary/aromatic N) is 1. The molecular formula is C19H17N3O5. The van der Waals surface area contributed by atoms with Crippen LogP contribution >= 0.6 is 0 Å². The van der Waals surface area contributed by atoms with Crippen molar-refractivity contribution in [3.63, 3.8) is 0 Å². The SMILES string of the molecule is COc1ccc([N+](=O)[O-])cc1[C@H]1N[C@@H](C(=O)O)Cc2c1[nH]c1ccccc21. The molecule has 0 bridgehead atoms. The molecule has 3 N–H and O–H groups in total. The molecule has 0 amide bonds. The van der Waals surface area contributed by atoms with Crippen LogP contribution in [0.4, 0.5) is 5.69 Å². The highest BCUT2D eigenvalue weighted by atomic mass is 16.6. The normalized spacial score (nSPS) is 18.9. The molecule has 0 saturated heterocycles. The number of methoxy groups -OCH3 is 1. The smallest absolute Gasteiger partial charge is 0.321 e. The van der Waals surface area contributed by atoms with Gasteiger partial charge in [0.25, 0.3) is 5.69 Å². The Morgan fingerprint density at radius 3 is 2.78 bits per heavy atom. The maximum absolute atomic E-state index is 11.7. The van der Waals surface area contributed by atoms with E-state index in [1.807, 2.05) is 24.3 Å². The zero-order valence-corrected chi connectivity index (χ0v) is 14.4. The Morgan fingerprint density at radius 2 is 2.07 bits per heavy atom. The van der Waals surface area contributed by atoms with Gasteiger partial charge in [-0.3, -0.25) is 20.2 Å². The lowest BCUT2D eigenvalue weighted by Gasteiger charge is -2.30. The van der Waals surface area contributed by atoms with E-state index in [4.69, 9.17) is 4.74 Å². The van der Waals surface area contributed by atoms with E-state index in [0.29, 0.717) is 17.7 Å². The minimum absolute atomic E-state index is 0.0808. The summed E-state index contributed by atoms with van der Waals surface area (Å²) in [6, 6.07) is 10.6. The zero-order valence-electron chi connectivity index (χ0n) is 14.4. The number of ether oxygens (including phenoxy) is 1. The number of carboxylic acids is 1. The lowest BCUT2D eigenvalue weighted by molar-refractivity contribution is -0.385. The number of aromatic nitrogens is 1. The summed E-state index contributed by atoms with van der Waals surface area (Å²) >= 11 is 0. The number of hydrogen-bond donors (Lipinski definition) is 3. The van der Waals surface area contributed by atoms with Gasteiger partial charge in [0.1, 0.15) is 11.8 Å². The Hall–Kier alpha value is -3.39. The average Bonchev–Trinajstić information content (AvgIpc) is 3.05. The molecule has 0 unspecified atom stereocenters. The molecule has 0 saturated carbocycles. The van der Waals surface area contributed by atoms with Crippen LogP contribution in [0, 0.1) is 10.1 Å². The third-order valence-corrected chi connectivity index (χ3v) is 4.94. The molecule has 138 valence electrons. The molecule has 0 aliphatic carbocycles. The van der Waals surface area contributed by atoms with Gasteiger partial charge in [0.15, 0.2) is 0 Å². The van der Waals surface area contributed by atoms with Crippen molar-refractivity contribution in [2.45, 2.75) is 18.5 Å². The number of H-pyrrole nitrogens is 1. The number of nitro groups is 1. The number of hydrogen-bond acceptors (Lipinski definition) is 5. The molecule has 2 aromatic carbocycles. The summed E-state index contributed by atoms with van der Waals surface area (Å²) in [6.45, 7) is 0. The van der Waals surface area contributed by atoms with Crippen LogP contribution in [0.15, 0.2) is 42.5 Å². The first-order valence-corrected chi connectivity index (χ1v) is 8.40. The van der Waals surface area contributed by atoms with E-state index in [1.54, 1.807) is 0 Å². The summed E-state index contributed by atoms with van der Waals surface area (Å²) in [5, 5.41) is 24.9. The molecule has 0 fully saturated rings. The van der Waals surface area contributed by atoms with E-state index in [-0.39, 0.29) is 5.69 Å². The Kier molecular flexibility index (Phi) is 4.04. The number of nitro benzene ring substituents is 1. The molecule has 4 rings (SSSR count). The van der Waals surface area contributed by atoms with E-state index in [9.17, 15) is 20.0 Å². The Bertz CT molecular complexity index is 1060. The van der Waals surface area contributed by atoms with Crippen LogP contribution in [0.5, 0.6) is 5.75 Å². The van der Waals surface area contributed by atoms with Gasteiger partial charge < -0.3 is 14.8 Å². The van der Waals surface area contributed by atoms with E-state index >= 15 is 0 Å². The highest BCUT2D eigenvalue weighted by Crippen LogP contribution is 2.39. The molecule has 8 nitrogen and oxygen atoms in total. The van der Waals surface area contributed by atoms with E-state index < -0.39 is 23.0 Å². The largest absolute Gasteiger partial charge is 0.496 e. The van der Waals surface area contributed by atoms with Gasteiger partial charge in [-0.2, -0.15) is 0 Å². The number of non-ortho nitro benzene ring substituents is 1. The molecular weight excluding hydrogens is 350 g/mol. The van der Waals surface area contributed by atoms with Gasteiger partial charge in [-0.1, -0.05) is 18.2 Å². The maximum Gasteiger partial charge on any atom is 0.321 e. The molecule has 8 heteroatoms. The van der Waals surface area contributed by atoms with Gasteiger partial charge in [-0.05, 0) is 17.7 Å². The highest BCUT2D eigenvalue weighted by molar-refractivity contribution is 5.87. The molecule has 1 aliphatic rings. The van der Waals surface area contributed by atoms with Crippen molar-refractivity contribution in [1.82, 2.24) is 10.3 Å². The Labute approximate surface area is 153 Å². The predicted molar refractivity (Wildman–Crippen MR) is 98.1 cm³/mol. The summed E-state index contributed by atoms with van der Waals surface area (Å²) < 4.78 is 5.39. The number of nitrogens with one attached hydrogen (secondary N) is 2. The molecule has 3 aromatic rings. The predicted octanol–water partition coefficient (Wildman–Crippen LogP) is 2.77. The van der Waals surface area contributed by atoms with Crippen molar-refractivity contribution in [2.24, 2.45) is 0 Å². The number of benzene rings is 2. The third-order valence-electron chi connectivity index (χ3n) is 4.94. The molecule has 1 aliphatic heterocycles. The van der Waals surface area contributed by atoms with Crippen molar-refractivity contribution in [3.05, 3.63) is 69.4 Å². The monoisotopic (exact) mass is 367 g/mol. The number of aliphatic carboxylic acids is 1. The third kappa shape index (κ3) is 2.80. The first-order valence-electron chi connectivity index (χ1n) is 8.40. The summed E-state index contributed by atoms with van der Waals surface area (Å²) in [7, 11) is 1.48. The van der Waals surface area contributed by atoms with Crippen LogP contribution in [-0.4, -0.2) is 34.1 Å². The van der Waals surface area contributed by atoms with Crippen molar-refractivity contribution >= 4 is 22.6 Å². The van der Waals surface area contributed by atoms with Gasteiger partial charge in [0.2, 0.25) is 0 Å². The highest BCUT2D eigenvalue weighted by Gasteiger charge is 2.35.